The molecule has 0 fully saturated rings. The number of hydrogen-bond acceptors (Lipinski definition) is 8. The molecular formula is C17H15N5O3S2. The first-order valence-electron chi connectivity index (χ1n) is 7.89. The summed E-state index contributed by atoms with van der Waals surface area (Å²) in [5.74, 6) is -0.261. The minimum Gasteiger partial charge on any atom is -0.356 e. The van der Waals surface area contributed by atoms with Crippen LogP contribution >= 0.6 is 23.1 Å². The highest BCUT2D eigenvalue weighted by molar-refractivity contribution is 8.01. The maximum absolute atomic E-state index is 12.1. The number of carbonyl (C=O) groups is 1. The van der Waals surface area contributed by atoms with Gasteiger partial charge in [0.15, 0.2) is 4.34 Å². The second-order valence-electron chi connectivity index (χ2n) is 5.32. The Balaban J connectivity index is 1.50. The summed E-state index contributed by atoms with van der Waals surface area (Å²) >= 11 is 2.58. The monoisotopic (exact) mass is 401 g/mol. The van der Waals surface area contributed by atoms with Crippen LogP contribution in [0.2, 0.25) is 0 Å². The highest BCUT2D eigenvalue weighted by Gasteiger charge is 2.15. The molecule has 0 unspecified atom stereocenters. The molecule has 2 N–H and O–H groups in total. The van der Waals surface area contributed by atoms with Crippen molar-refractivity contribution >= 4 is 45.5 Å². The molecule has 27 heavy (non-hydrogen) atoms. The van der Waals surface area contributed by atoms with Crippen LogP contribution in [0.4, 0.5) is 16.5 Å². The third-order valence-electron chi connectivity index (χ3n) is 3.39. The summed E-state index contributed by atoms with van der Waals surface area (Å²) in [6.07, 6.45) is 0. The summed E-state index contributed by atoms with van der Waals surface area (Å²) in [6, 6.07) is 15.9. The number of nitrogens with zero attached hydrogens (tertiary/aromatic N) is 3. The summed E-state index contributed by atoms with van der Waals surface area (Å²) in [7, 11) is 0. The van der Waals surface area contributed by atoms with Crippen LogP contribution in [0.1, 0.15) is 5.56 Å². The van der Waals surface area contributed by atoms with Gasteiger partial charge in [-0.1, -0.05) is 65.6 Å². The molecule has 10 heteroatoms. The van der Waals surface area contributed by atoms with Gasteiger partial charge in [0, 0.05) is 12.6 Å². The molecule has 2 aromatic carbocycles. The number of benzene rings is 2. The van der Waals surface area contributed by atoms with E-state index in [2.05, 4.69) is 20.8 Å². The molecule has 0 spiro atoms. The number of aromatic nitrogens is 2. The van der Waals surface area contributed by atoms with Crippen molar-refractivity contribution < 1.29 is 9.72 Å². The molecule has 1 heterocycles. The van der Waals surface area contributed by atoms with Crippen molar-refractivity contribution in [3.8, 4) is 0 Å². The second-order valence-corrected chi connectivity index (χ2v) is 7.52. The van der Waals surface area contributed by atoms with Crippen molar-refractivity contribution in [2.24, 2.45) is 0 Å². The lowest BCUT2D eigenvalue weighted by atomic mass is 10.2. The quantitative estimate of drug-likeness (QED) is 0.336. The fourth-order valence-corrected chi connectivity index (χ4v) is 3.71. The smallest absolute Gasteiger partial charge is 0.292 e. The molecule has 0 aliphatic heterocycles. The van der Waals surface area contributed by atoms with Gasteiger partial charge in [-0.25, -0.2) is 0 Å². The van der Waals surface area contributed by atoms with E-state index in [1.54, 1.807) is 12.1 Å². The number of nitro groups is 1. The molecule has 138 valence electrons. The Morgan fingerprint density at radius 3 is 2.63 bits per heavy atom. The van der Waals surface area contributed by atoms with Crippen LogP contribution in [-0.2, 0) is 11.3 Å². The summed E-state index contributed by atoms with van der Waals surface area (Å²) in [5, 5.41) is 25.5. The van der Waals surface area contributed by atoms with Crippen LogP contribution < -0.4 is 10.6 Å². The zero-order valence-electron chi connectivity index (χ0n) is 14.0. The molecule has 0 saturated carbocycles. The Morgan fingerprint density at radius 2 is 1.85 bits per heavy atom. The molecule has 0 atom stereocenters. The first-order chi connectivity index (χ1) is 13.1. The van der Waals surface area contributed by atoms with Gasteiger partial charge in [0.25, 0.3) is 5.69 Å². The van der Waals surface area contributed by atoms with E-state index in [-0.39, 0.29) is 23.0 Å². The van der Waals surface area contributed by atoms with E-state index in [0.717, 1.165) is 5.56 Å². The number of amides is 1. The summed E-state index contributed by atoms with van der Waals surface area (Å²) in [4.78, 5) is 22.5. The van der Waals surface area contributed by atoms with Gasteiger partial charge >= 0.3 is 0 Å². The van der Waals surface area contributed by atoms with Gasteiger partial charge in [0.2, 0.25) is 11.0 Å². The van der Waals surface area contributed by atoms with Gasteiger partial charge in [0.05, 0.1) is 10.7 Å². The maximum Gasteiger partial charge on any atom is 0.292 e. The number of rotatable bonds is 8. The first kappa shape index (κ1) is 18.8. The Morgan fingerprint density at radius 1 is 1.11 bits per heavy atom. The van der Waals surface area contributed by atoms with E-state index < -0.39 is 4.92 Å². The lowest BCUT2D eigenvalue weighted by Crippen LogP contribution is -2.15. The topological polar surface area (TPSA) is 110 Å². The van der Waals surface area contributed by atoms with Crippen molar-refractivity contribution in [1.82, 2.24) is 10.2 Å². The third-order valence-corrected chi connectivity index (χ3v) is 5.41. The van der Waals surface area contributed by atoms with Crippen LogP contribution in [0, 0.1) is 10.1 Å². The normalized spacial score (nSPS) is 10.4. The summed E-state index contributed by atoms with van der Waals surface area (Å²) in [6.45, 7) is 0.637. The SMILES string of the molecule is O=C(CSc1nnc(NCc2ccccc2)s1)Nc1ccccc1[N+](=O)[O-]. The van der Waals surface area contributed by atoms with E-state index in [9.17, 15) is 14.9 Å². The van der Waals surface area contributed by atoms with E-state index in [0.29, 0.717) is 16.0 Å². The van der Waals surface area contributed by atoms with Crippen LogP contribution in [0.15, 0.2) is 58.9 Å². The standard InChI is InChI=1S/C17H15N5O3S2/c23-15(19-13-8-4-5-9-14(13)22(24)25)11-26-17-21-20-16(27-17)18-10-12-6-2-1-3-7-12/h1-9H,10-11H2,(H,18,20)(H,19,23). The van der Waals surface area contributed by atoms with Crippen molar-refractivity contribution in [3.63, 3.8) is 0 Å². The Labute approximate surface area is 163 Å². The molecule has 1 amide bonds. The molecule has 0 radical (unpaired) electrons. The van der Waals surface area contributed by atoms with E-state index in [4.69, 9.17) is 0 Å². The predicted molar refractivity (Wildman–Crippen MR) is 106 cm³/mol. The zero-order valence-corrected chi connectivity index (χ0v) is 15.6. The number of carbonyl (C=O) groups excluding carboxylic acids is 1. The van der Waals surface area contributed by atoms with E-state index in [1.165, 1.54) is 35.2 Å². The largest absolute Gasteiger partial charge is 0.356 e. The Bertz CT molecular complexity index is 933. The highest BCUT2D eigenvalue weighted by Crippen LogP contribution is 2.27. The van der Waals surface area contributed by atoms with Crippen LogP contribution in [0.3, 0.4) is 0 Å². The second kappa shape index (κ2) is 9.10. The van der Waals surface area contributed by atoms with Gasteiger partial charge in [0.1, 0.15) is 5.69 Å². The van der Waals surface area contributed by atoms with Gasteiger partial charge in [-0.05, 0) is 11.6 Å². The van der Waals surface area contributed by atoms with Gasteiger partial charge in [-0.15, -0.1) is 10.2 Å². The Hall–Kier alpha value is -2.98. The maximum atomic E-state index is 12.1. The zero-order chi connectivity index (χ0) is 19.1. The van der Waals surface area contributed by atoms with Crippen molar-refractivity contribution in [3.05, 3.63) is 70.3 Å². The fourth-order valence-electron chi connectivity index (χ4n) is 2.17. The van der Waals surface area contributed by atoms with Crippen molar-refractivity contribution in [2.75, 3.05) is 16.4 Å². The molecule has 1 aromatic heterocycles. The minimum atomic E-state index is -0.530. The number of nitrogens with one attached hydrogen (secondary N) is 2. The van der Waals surface area contributed by atoms with E-state index in [1.807, 2.05) is 30.3 Å². The Kier molecular flexibility index (Phi) is 6.34. The number of anilines is 2. The number of nitro benzene ring substituents is 1. The molecule has 0 aliphatic carbocycles. The van der Waals surface area contributed by atoms with Crippen molar-refractivity contribution in [2.45, 2.75) is 10.9 Å². The number of hydrogen-bond donors (Lipinski definition) is 2. The molecule has 8 nitrogen and oxygen atoms in total. The molecule has 0 aliphatic rings. The van der Waals surface area contributed by atoms with Gasteiger partial charge in [-0.3, -0.25) is 14.9 Å². The molecule has 0 saturated heterocycles. The summed E-state index contributed by atoms with van der Waals surface area (Å²) in [5.41, 5.74) is 1.17. The predicted octanol–water partition coefficient (Wildman–Crippen LogP) is 3.79. The molecular weight excluding hydrogens is 386 g/mol. The summed E-state index contributed by atoms with van der Waals surface area (Å²) < 4.78 is 0.642. The van der Waals surface area contributed by atoms with Crippen LogP contribution in [0.5, 0.6) is 0 Å². The fraction of sp³-hybridized carbons (Fsp3) is 0.118. The van der Waals surface area contributed by atoms with Gasteiger partial charge < -0.3 is 10.6 Å². The lowest BCUT2D eigenvalue weighted by Gasteiger charge is -2.04. The van der Waals surface area contributed by atoms with Crippen LogP contribution in [0.25, 0.3) is 0 Å². The number of para-hydroxylation sites is 2. The average Bonchev–Trinajstić information content (AvgIpc) is 3.14. The molecule has 3 aromatic rings. The average molecular weight is 401 g/mol. The molecule has 3 rings (SSSR count). The highest BCUT2D eigenvalue weighted by atomic mass is 32.2. The van der Waals surface area contributed by atoms with Gasteiger partial charge in [-0.2, -0.15) is 0 Å². The molecule has 0 bridgehead atoms. The lowest BCUT2D eigenvalue weighted by molar-refractivity contribution is -0.383. The van der Waals surface area contributed by atoms with Crippen LogP contribution in [-0.4, -0.2) is 26.8 Å². The first-order valence-corrected chi connectivity index (χ1v) is 9.69. The number of thioether (sulfide) groups is 1. The van der Waals surface area contributed by atoms with E-state index >= 15 is 0 Å². The minimum absolute atomic E-state index is 0.0827. The third kappa shape index (κ3) is 5.50. The van der Waals surface area contributed by atoms with Crippen molar-refractivity contribution in [1.29, 1.82) is 0 Å².